The minimum Gasteiger partial charge on any atom is -0.497 e. The second-order valence-electron chi connectivity index (χ2n) is 13.1. The average Bonchev–Trinajstić information content (AvgIpc) is 3.07. The summed E-state index contributed by atoms with van der Waals surface area (Å²) in [4.78, 5) is 39.9. The molecule has 0 atom stereocenters. The molecule has 10 heteroatoms. The number of ether oxygens (including phenoxy) is 3. The molecule has 0 radical (unpaired) electrons. The molecule has 1 aliphatic rings. The second kappa shape index (κ2) is 14.8. The molecular weight excluding hydrogens is 594 g/mol. The Hall–Kier alpha value is -4.70. The highest BCUT2D eigenvalue weighted by Gasteiger charge is 2.25. The topological polar surface area (TPSA) is 106 Å². The van der Waals surface area contributed by atoms with E-state index in [4.69, 9.17) is 19.2 Å². The summed E-state index contributed by atoms with van der Waals surface area (Å²) < 4.78 is 17.1. The maximum Gasteiger partial charge on any atom is 0.414 e. The van der Waals surface area contributed by atoms with Crippen molar-refractivity contribution in [2.45, 2.75) is 77.7 Å². The van der Waals surface area contributed by atoms with Gasteiger partial charge in [-0.15, -0.1) is 0 Å². The molecule has 1 aliphatic carbocycles. The van der Waals surface area contributed by atoms with Gasteiger partial charge in [0.05, 0.1) is 19.0 Å². The monoisotopic (exact) mass is 639 g/mol. The minimum absolute atomic E-state index is 0.132. The first kappa shape index (κ1) is 33.7. The molecule has 1 saturated carbocycles. The molecule has 1 fully saturated rings. The van der Waals surface area contributed by atoms with Crippen LogP contribution >= 0.6 is 0 Å². The van der Waals surface area contributed by atoms with E-state index >= 15 is 0 Å². The largest absolute Gasteiger partial charge is 0.497 e. The molecule has 0 spiro atoms. The van der Waals surface area contributed by atoms with Gasteiger partial charge in [0, 0.05) is 36.9 Å². The van der Waals surface area contributed by atoms with Crippen LogP contribution in [0.3, 0.4) is 0 Å². The molecule has 10 nitrogen and oxygen atoms in total. The third-order valence-corrected chi connectivity index (χ3v) is 8.36. The summed E-state index contributed by atoms with van der Waals surface area (Å²) in [5, 5.41) is 3.70. The first-order valence-corrected chi connectivity index (χ1v) is 16.1. The lowest BCUT2D eigenvalue weighted by molar-refractivity contribution is 0.0589. The van der Waals surface area contributed by atoms with Crippen LogP contribution in [-0.2, 0) is 17.9 Å². The Morgan fingerprint density at radius 1 is 0.979 bits per heavy atom. The zero-order valence-electron chi connectivity index (χ0n) is 28.2. The van der Waals surface area contributed by atoms with Gasteiger partial charge in [0.25, 0.3) is 5.91 Å². The van der Waals surface area contributed by atoms with Crippen molar-refractivity contribution in [2.24, 2.45) is 0 Å². The molecule has 47 heavy (non-hydrogen) atoms. The number of aromatic nitrogens is 2. The van der Waals surface area contributed by atoms with Crippen LogP contribution in [0.1, 0.15) is 74.4 Å². The average molecular weight is 640 g/mol. The molecule has 2 amide bonds. The van der Waals surface area contributed by atoms with Crippen LogP contribution < -0.4 is 19.7 Å². The first-order chi connectivity index (χ1) is 22.5. The molecule has 248 valence electrons. The number of nitrogens with zero attached hydrogens (tertiary/aromatic N) is 4. The fraction of sp³-hybridized carbons (Fsp3) is 0.405. The van der Waals surface area contributed by atoms with E-state index in [1.54, 1.807) is 53.4 Å². The maximum absolute atomic E-state index is 14.0. The van der Waals surface area contributed by atoms with Crippen LogP contribution in [0.4, 0.5) is 16.2 Å². The number of methoxy groups -OCH3 is 1. The van der Waals surface area contributed by atoms with Gasteiger partial charge in [-0.2, -0.15) is 0 Å². The van der Waals surface area contributed by atoms with E-state index in [-0.39, 0.29) is 24.0 Å². The number of benzene rings is 2. The summed E-state index contributed by atoms with van der Waals surface area (Å²) >= 11 is 0. The number of rotatable bonds is 10. The SMILES string of the molecule is COc1ccc(COc2nc3c(N(C)C(=O)OC(C)(C)C)cncc3cc2C(=O)Nc2ccccc2CN(C)C2CCCCC2)cc1. The van der Waals surface area contributed by atoms with Gasteiger partial charge < -0.3 is 19.5 Å². The van der Waals surface area contributed by atoms with Crippen molar-refractivity contribution >= 4 is 34.3 Å². The molecule has 0 saturated heterocycles. The van der Waals surface area contributed by atoms with E-state index in [2.05, 4.69) is 28.3 Å². The van der Waals surface area contributed by atoms with Crippen molar-refractivity contribution in [3.63, 3.8) is 0 Å². The van der Waals surface area contributed by atoms with Gasteiger partial charge in [0.2, 0.25) is 5.88 Å². The van der Waals surface area contributed by atoms with Crippen LogP contribution in [0.2, 0.25) is 0 Å². The van der Waals surface area contributed by atoms with E-state index in [1.165, 1.54) is 37.0 Å². The van der Waals surface area contributed by atoms with Crippen molar-refractivity contribution in [3.8, 4) is 11.6 Å². The van der Waals surface area contributed by atoms with Crippen molar-refractivity contribution in [3.05, 3.63) is 83.7 Å². The van der Waals surface area contributed by atoms with Gasteiger partial charge >= 0.3 is 6.09 Å². The van der Waals surface area contributed by atoms with Crippen LogP contribution in [0.5, 0.6) is 11.6 Å². The fourth-order valence-electron chi connectivity index (χ4n) is 5.77. The second-order valence-corrected chi connectivity index (χ2v) is 13.1. The predicted octanol–water partition coefficient (Wildman–Crippen LogP) is 7.61. The third kappa shape index (κ3) is 8.56. The Morgan fingerprint density at radius 3 is 2.40 bits per heavy atom. The summed E-state index contributed by atoms with van der Waals surface area (Å²) in [6.45, 7) is 6.30. The number of carbonyl (C=O) groups excluding carboxylic acids is 2. The predicted molar refractivity (Wildman–Crippen MR) is 184 cm³/mol. The van der Waals surface area contributed by atoms with E-state index in [9.17, 15) is 9.59 Å². The lowest BCUT2D eigenvalue weighted by Crippen LogP contribution is -2.34. The summed E-state index contributed by atoms with van der Waals surface area (Å²) in [6.07, 6.45) is 8.82. The van der Waals surface area contributed by atoms with Gasteiger partial charge in [0.1, 0.15) is 29.0 Å². The van der Waals surface area contributed by atoms with Gasteiger partial charge in [-0.3, -0.25) is 19.6 Å². The zero-order chi connectivity index (χ0) is 33.6. The molecule has 4 aromatic rings. The fourth-order valence-corrected chi connectivity index (χ4v) is 5.77. The Kier molecular flexibility index (Phi) is 10.6. The summed E-state index contributed by atoms with van der Waals surface area (Å²) in [5.41, 5.74) is 3.08. The highest BCUT2D eigenvalue weighted by atomic mass is 16.6. The number of anilines is 2. The van der Waals surface area contributed by atoms with Crippen molar-refractivity contribution in [2.75, 3.05) is 31.4 Å². The molecule has 0 bridgehead atoms. The van der Waals surface area contributed by atoms with Crippen molar-refractivity contribution in [1.29, 1.82) is 0 Å². The molecule has 2 aromatic heterocycles. The van der Waals surface area contributed by atoms with E-state index < -0.39 is 11.7 Å². The lowest BCUT2D eigenvalue weighted by atomic mass is 9.94. The van der Waals surface area contributed by atoms with Crippen LogP contribution in [0.25, 0.3) is 10.9 Å². The van der Waals surface area contributed by atoms with Crippen LogP contribution in [0, 0.1) is 0 Å². The van der Waals surface area contributed by atoms with Gasteiger partial charge in [-0.1, -0.05) is 49.6 Å². The highest BCUT2D eigenvalue weighted by Crippen LogP contribution is 2.31. The number of carbonyl (C=O) groups is 2. The summed E-state index contributed by atoms with van der Waals surface area (Å²) in [5.74, 6) is 0.503. The normalized spacial score (nSPS) is 13.8. The Bertz CT molecular complexity index is 1700. The van der Waals surface area contributed by atoms with Crippen LogP contribution in [0.15, 0.2) is 67.0 Å². The molecule has 1 N–H and O–H groups in total. The number of para-hydroxylation sites is 1. The maximum atomic E-state index is 14.0. The molecule has 0 aliphatic heterocycles. The van der Waals surface area contributed by atoms with E-state index in [0.717, 1.165) is 29.1 Å². The first-order valence-electron chi connectivity index (χ1n) is 16.1. The smallest absolute Gasteiger partial charge is 0.414 e. The number of hydrogen-bond acceptors (Lipinski definition) is 8. The number of hydrogen-bond donors (Lipinski definition) is 1. The van der Waals surface area contributed by atoms with Crippen LogP contribution in [-0.4, -0.2) is 59.7 Å². The number of fused-ring (bicyclic) bond motifs is 1. The molecule has 0 unspecified atom stereocenters. The van der Waals surface area contributed by atoms with Gasteiger partial charge in [-0.25, -0.2) is 9.78 Å². The van der Waals surface area contributed by atoms with E-state index in [0.29, 0.717) is 22.6 Å². The molecule has 5 rings (SSSR count). The quantitative estimate of drug-likeness (QED) is 0.189. The molecule has 2 heterocycles. The Balaban J connectivity index is 1.47. The number of pyridine rings is 2. The van der Waals surface area contributed by atoms with Crippen molar-refractivity contribution in [1.82, 2.24) is 14.9 Å². The third-order valence-electron chi connectivity index (χ3n) is 8.36. The Labute approximate surface area is 277 Å². The Morgan fingerprint density at radius 2 is 1.70 bits per heavy atom. The summed E-state index contributed by atoms with van der Waals surface area (Å²) in [6, 6.07) is 17.6. The van der Waals surface area contributed by atoms with Crippen molar-refractivity contribution < 1.29 is 23.8 Å². The minimum atomic E-state index is -0.684. The van der Waals surface area contributed by atoms with Gasteiger partial charge in [0.15, 0.2) is 0 Å². The van der Waals surface area contributed by atoms with Gasteiger partial charge in [-0.05, 0) is 76.1 Å². The van der Waals surface area contributed by atoms with E-state index in [1.807, 2.05) is 42.5 Å². The molecular formula is C37H45N5O5. The lowest BCUT2D eigenvalue weighted by Gasteiger charge is -2.31. The number of amides is 2. The zero-order valence-corrected chi connectivity index (χ0v) is 28.2. The summed E-state index contributed by atoms with van der Waals surface area (Å²) in [7, 11) is 5.38. The molecule has 2 aromatic carbocycles. The standard InChI is InChI=1S/C37H45N5O5/c1-37(2,3)47-36(44)42(5)32-22-38-21-27-20-30(35(40-33(27)32)46-24-25-16-18-29(45-6)19-17-25)34(43)39-31-15-11-10-12-26(31)23-41(4)28-13-8-7-9-14-28/h10-12,15-22,28H,7-9,13-14,23-24H2,1-6H3,(H,39,43). The number of nitrogens with one attached hydrogen (secondary N) is 1. The highest BCUT2D eigenvalue weighted by molar-refractivity contribution is 6.09.